The Balaban J connectivity index is 3.45. The third-order valence-corrected chi connectivity index (χ3v) is 4.49. The Morgan fingerprint density at radius 3 is 1.82 bits per heavy atom. The van der Waals surface area contributed by atoms with Crippen molar-refractivity contribution in [1.82, 2.24) is 9.80 Å². The Morgan fingerprint density at radius 1 is 0.909 bits per heavy atom. The van der Waals surface area contributed by atoms with Crippen LogP contribution >= 0.6 is 0 Å². The van der Waals surface area contributed by atoms with Crippen LogP contribution in [0.25, 0.3) is 5.76 Å². The molecule has 0 aromatic heterocycles. The van der Waals surface area contributed by atoms with E-state index >= 15 is 0 Å². The molecule has 0 saturated carbocycles. The molecule has 4 heteroatoms. The minimum atomic E-state index is 0.921. The van der Waals surface area contributed by atoms with Crippen molar-refractivity contribution in [2.45, 2.75) is 27.7 Å². The van der Waals surface area contributed by atoms with Crippen molar-refractivity contribution in [1.29, 1.82) is 0 Å². The summed E-state index contributed by atoms with van der Waals surface area (Å²) >= 11 is 3.28. The van der Waals surface area contributed by atoms with Crippen molar-refractivity contribution in [2.75, 3.05) is 33.3 Å². The van der Waals surface area contributed by atoms with E-state index < -0.39 is 0 Å². The van der Waals surface area contributed by atoms with E-state index in [1.807, 2.05) is 18.2 Å². The molecule has 0 fully saturated rings. The van der Waals surface area contributed by atoms with Gasteiger partial charge < -0.3 is 0 Å². The molecule has 0 N–H and O–H groups in total. The van der Waals surface area contributed by atoms with Gasteiger partial charge in [0.05, 0.1) is 0 Å². The Hall–Kier alpha value is -1.08. The molecule has 22 heavy (non-hydrogen) atoms. The molecule has 0 amide bonds. The standard InChI is InChI=1S/C18H28N2O.Cr/c1-6-19(7-2)15-17(20(8-3)9-4)18(21-5)16-13-11-10-12-14-16;/h10-14H,6-9H2,1-5H3;/b18-17-;. The number of hydrogen-bond donors (Lipinski definition) is 0. The quantitative estimate of drug-likeness (QED) is 0.641. The second-order valence-corrected chi connectivity index (χ2v) is 5.50. The van der Waals surface area contributed by atoms with Crippen molar-refractivity contribution in [3.63, 3.8) is 0 Å². The molecule has 3 nitrogen and oxygen atoms in total. The SMILES string of the molecule is CCN(CC)[C](=[Cr])/C(=C(/OC)c1ccccc1)N(CC)CC. The van der Waals surface area contributed by atoms with Gasteiger partial charge in [0.25, 0.3) is 0 Å². The maximum atomic E-state index is 5.81. The number of rotatable bonds is 9. The van der Waals surface area contributed by atoms with Crippen LogP contribution in [0.15, 0.2) is 36.0 Å². The van der Waals surface area contributed by atoms with Gasteiger partial charge in [-0.05, 0) is 0 Å². The van der Waals surface area contributed by atoms with Gasteiger partial charge in [0, 0.05) is 0 Å². The molecule has 0 spiro atoms. The zero-order valence-electron chi connectivity index (χ0n) is 14.4. The van der Waals surface area contributed by atoms with Crippen LogP contribution < -0.4 is 0 Å². The number of likely N-dealkylation sites (N-methyl/N-ethyl adjacent to an activating group) is 2. The van der Waals surface area contributed by atoms with E-state index in [4.69, 9.17) is 4.74 Å². The molecule has 0 unspecified atom stereocenters. The van der Waals surface area contributed by atoms with Gasteiger partial charge in [0.2, 0.25) is 0 Å². The Kier molecular flexibility index (Phi) is 8.49. The Bertz CT molecular complexity index is 491. The predicted octanol–water partition coefficient (Wildman–Crippen LogP) is 3.36. The minimum absolute atomic E-state index is 0.921. The van der Waals surface area contributed by atoms with Gasteiger partial charge in [-0.3, -0.25) is 0 Å². The summed E-state index contributed by atoms with van der Waals surface area (Å²) < 4.78 is 6.96. The maximum absolute atomic E-state index is 5.81. The third-order valence-electron chi connectivity index (χ3n) is 3.79. The Labute approximate surface area is 143 Å². The topological polar surface area (TPSA) is 15.7 Å². The molecule has 0 aliphatic rings. The fourth-order valence-corrected chi connectivity index (χ4v) is 3.27. The van der Waals surface area contributed by atoms with E-state index in [0.29, 0.717) is 0 Å². The van der Waals surface area contributed by atoms with Crippen LogP contribution in [0, 0.1) is 0 Å². The first kappa shape index (κ1) is 19.0. The van der Waals surface area contributed by atoms with E-state index in [-0.39, 0.29) is 0 Å². The fourth-order valence-electron chi connectivity index (χ4n) is 2.52. The van der Waals surface area contributed by atoms with Gasteiger partial charge in [0.15, 0.2) is 0 Å². The molecular weight excluding hydrogens is 312 g/mol. The molecule has 0 saturated heterocycles. The average Bonchev–Trinajstić information content (AvgIpc) is 2.57. The fraction of sp³-hybridized carbons (Fsp3) is 0.500. The van der Waals surface area contributed by atoms with Crippen molar-refractivity contribution in [3.8, 4) is 0 Å². The van der Waals surface area contributed by atoms with Crippen molar-refractivity contribution in [2.24, 2.45) is 0 Å². The summed E-state index contributed by atoms with van der Waals surface area (Å²) in [5.41, 5.74) is 2.24. The average molecular weight is 340 g/mol. The molecular formula is C18H28CrN2O. The molecule has 0 heterocycles. The molecule has 0 radical (unpaired) electrons. The summed E-state index contributed by atoms with van der Waals surface area (Å²) in [6.07, 6.45) is 0. The predicted molar refractivity (Wildman–Crippen MR) is 91.2 cm³/mol. The van der Waals surface area contributed by atoms with Crippen LogP contribution in [0.5, 0.6) is 0 Å². The summed E-state index contributed by atoms with van der Waals surface area (Å²) in [7, 11) is 1.75. The van der Waals surface area contributed by atoms with E-state index in [0.717, 1.165) is 47.7 Å². The van der Waals surface area contributed by atoms with E-state index in [1.165, 1.54) is 0 Å². The van der Waals surface area contributed by atoms with Gasteiger partial charge in [0.1, 0.15) is 0 Å². The second kappa shape index (κ2) is 9.84. The van der Waals surface area contributed by atoms with Gasteiger partial charge in [-0.1, -0.05) is 0 Å². The van der Waals surface area contributed by atoms with E-state index in [9.17, 15) is 0 Å². The molecule has 1 aromatic carbocycles. The number of methoxy groups -OCH3 is 1. The molecule has 1 rings (SSSR count). The Morgan fingerprint density at radius 2 is 1.41 bits per heavy atom. The van der Waals surface area contributed by atoms with Crippen LogP contribution in [0.2, 0.25) is 0 Å². The normalized spacial score (nSPS) is 12.1. The molecule has 0 aliphatic heterocycles. The number of hydrogen-bond acceptors (Lipinski definition) is 3. The van der Waals surface area contributed by atoms with Crippen molar-refractivity contribution in [3.05, 3.63) is 41.6 Å². The van der Waals surface area contributed by atoms with Crippen LogP contribution in [0.3, 0.4) is 0 Å². The summed E-state index contributed by atoms with van der Waals surface area (Å²) in [6.45, 7) is 12.5. The number of ether oxygens (including phenoxy) is 1. The number of nitrogens with zero attached hydrogens (tertiary/aromatic N) is 2. The van der Waals surface area contributed by atoms with E-state index in [2.05, 4.69) is 65.5 Å². The molecule has 0 atom stereocenters. The van der Waals surface area contributed by atoms with Crippen LogP contribution in [0.4, 0.5) is 0 Å². The second-order valence-electron chi connectivity index (χ2n) is 4.90. The third kappa shape index (κ3) is 4.46. The van der Waals surface area contributed by atoms with Gasteiger partial charge in [-0.2, -0.15) is 0 Å². The zero-order chi connectivity index (χ0) is 16.5. The summed E-state index contributed by atoms with van der Waals surface area (Å²) in [5.74, 6) is 0.921. The number of benzene rings is 1. The first-order valence-corrected chi connectivity index (χ1v) is 8.66. The van der Waals surface area contributed by atoms with Crippen molar-refractivity contribution < 1.29 is 20.6 Å². The van der Waals surface area contributed by atoms with Crippen LogP contribution in [-0.2, 0) is 20.6 Å². The van der Waals surface area contributed by atoms with E-state index in [1.54, 1.807) is 7.11 Å². The molecule has 1 aromatic rings. The van der Waals surface area contributed by atoms with Gasteiger partial charge in [-0.25, -0.2) is 0 Å². The molecule has 0 bridgehead atoms. The first-order chi connectivity index (χ1) is 10.6. The van der Waals surface area contributed by atoms with Crippen LogP contribution in [0.1, 0.15) is 33.3 Å². The van der Waals surface area contributed by atoms with Crippen molar-refractivity contribution >= 4 is 10.3 Å². The monoisotopic (exact) mass is 340 g/mol. The van der Waals surface area contributed by atoms with Gasteiger partial charge >= 0.3 is 143 Å². The molecule has 122 valence electrons. The first-order valence-electron chi connectivity index (χ1n) is 8.02. The van der Waals surface area contributed by atoms with Gasteiger partial charge in [-0.15, -0.1) is 0 Å². The summed E-state index contributed by atoms with van der Waals surface area (Å²) in [4.78, 5) is 4.67. The molecule has 0 aliphatic carbocycles. The van der Waals surface area contributed by atoms with Crippen LogP contribution in [-0.4, -0.2) is 47.6 Å². The summed E-state index contributed by atoms with van der Waals surface area (Å²) in [5, 5.41) is 0. The summed E-state index contributed by atoms with van der Waals surface area (Å²) in [6, 6.07) is 10.3. The zero-order valence-corrected chi connectivity index (χ0v) is 15.7.